The summed E-state index contributed by atoms with van der Waals surface area (Å²) in [4.78, 5) is 12.1. The van der Waals surface area contributed by atoms with E-state index in [0.717, 1.165) is 17.7 Å². The average molecular weight is 288 g/mol. The van der Waals surface area contributed by atoms with Crippen LogP contribution in [0.25, 0.3) is 0 Å². The summed E-state index contributed by atoms with van der Waals surface area (Å²) in [5.74, 6) is 1.46. The van der Waals surface area contributed by atoms with Gasteiger partial charge in [-0.2, -0.15) is 5.10 Å². The van der Waals surface area contributed by atoms with Crippen LogP contribution in [0, 0.1) is 0 Å². The minimum Gasteiger partial charge on any atom is -0.493 e. The summed E-state index contributed by atoms with van der Waals surface area (Å²) in [6.07, 6.45) is 4.43. The third kappa shape index (κ3) is 3.84. The molecule has 0 atom stereocenters. The fraction of sp³-hybridized carbons (Fsp3) is 0.375. The Morgan fingerprint density at radius 3 is 2.48 bits per heavy atom. The molecule has 0 amide bonds. The number of aryl methyl sites for hydroxylation is 1. The lowest BCUT2D eigenvalue weighted by Crippen LogP contribution is -2.06. The van der Waals surface area contributed by atoms with Gasteiger partial charge in [0.25, 0.3) is 0 Å². The minimum absolute atomic E-state index is 0.151. The highest BCUT2D eigenvalue weighted by Crippen LogP contribution is 2.27. The number of carbonyl (C=O) groups is 1. The molecule has 0 aliphatic carbocycles. The van der Waals surface area contributed by atoms with Crippen molar-refractivity contribution in [2.24, 2.45) is 0 Å². The lowest BCUT2D eigenvalue weighted by atomic mass is 10.0. The van der Waals surface area contributed by atoms with Crippen molar-refractivity contribution in [2.45, 2.75) is 26.3 Å². The molecule has 0 aliphatic rings. The summed E-state index contributed by atoms with van der Waals surface area (Å²) in [7, 11) is 3.18. The lowest BCUT2D eigenvalue weighted by Gasteiger charge is -2.09. The largest absolute Gasteiger partial charge is 0.493 e. The average Bonchev–Trinajstić information content (AvgIpc) is 2.94. The molecule has 21 heavy (non-hydrogen) atoms. The molecular formula is C16H20N2O3. The Kier molecular flexibility index (Phi) is 4.98. The van der Waals surface area contributed by atoms with Gasteiger partial charge >= 0.3 is 0 Å². The van der Waals surface area contributed by atoms with E-state index < -0.39 is 0 Å². The van der Waals surface area contributed by atoms with Crippen LogP contribution in [0.5, 0.6) is 11.5 Å². The van der Waals surface area contributed by atoms with Crippen molar-refractivity contribution in [3.8, 4) is 11.5 Å². The van der Waals surface area contributed by atoms with Crippen molar-refractivity contribution in [3.05, 3.63) is 41.7 Å². The van der Waals surface area contributed by atoms with Crippen LogP contribution in [0.2, 0.25) is 0 Å². The number of hydrogen-bond donors (Lipinski definition) is 0. The summed E-state index contributed by atoms with van der Waals surface area (Å²) in [6, 6.07) is 5.54. The SMILES string of the molecule is CCn1cc(CC(=O)Cc2ccc(OC)c(OC)c2)cn1. The number of hydrogen-bond acceptors (Lipinski definition) is 4. The fourth-order valence-electron chi connectivity index (χ4n) is 2.18. The predicted octanol–water partition coefficient (Wildman–Crippen LogP) is 2.27. The quantitative estimate of drug-likeness (QED) is 0.784. The van der Waals surface area contributed by atoms with Gasteiger partial charge in [0.15, 0.2) is 11.5 Å². The van der Waals surface area contributed by atoms with Gasteiger partial charge in [-0.3, -0.25) is 9.48 Å². The molecule has 0 unspecified atom stereocenters. The number of methoxy groups -OCH3 is 2. The third-order valence-corrected chi connectivity index (χ3v) is 3.26. The zero-order valence-electron chi connectivity index (χ0n) is 12.6. The maximum atomic E-state index is 12.1. The smallest absolute Gasteiger partial charge is 0.161 e. The zero-order valence-corrected chi connectivity index (χ0v) is 12.6. The number of Topliss-reactive ketones (excluding diaryl/α,β-unsaturated/α-hetero) is 1. The van der Waals surface area contributed by atoms with E-state index in [1.165, 1.54) is 0 Å². The van der Waals surface area contributed by atoms with Gasteiger partial charge in [-0.05, 0) is 30.2 Å². The molecule has 1 aromatic carbocycles. The van der Waals surface area contributed by atoms with Crippen LogP contribution < -0.4 is 9.47 Å². The maximum absolute atomic E-state index is 12.1. The van der Waals surface area contributed by atoms with Crippen molar-refractivity contribution >= 4 is 5.78 Å². The third-order valence-electron chi connectivity index (χ3n) is 3.26. The van der Waals surface area contributed by atoms with E-state index in [9.17, 15) is 4.79 Å². The number of benzene rings is 1. The van der Waals surface area contributed by atoms with E-state index >= 15 is 0 Å². The number of nitrogens with zero attached hydrogens (tertiary/aromatic N) is 2. The standard InChI is InChI=1S/C16H20N2O3/c1-4-18-11-13(10-17-18)8-14(19)7-12-5-6-15(20-2)16(9-12)21-3/h5-6,9-11H,4,7-8H2,1-3H3. The van der Waals surface area contributed by atoms with Crippen LogP contribution in [0.4, 0.5) is 0 Å². The van der Waals surface area contributed by atoms with E-state index in [0.29, 0.717) is 24.3 Å². The van der Waals surface area contributed by atoms with Gasteiger partial charge in [0.05, 0.1) is 20.4 Å². The molecule has 0 N–H and O–H groups in total. The van der Waals surface area contributed by atoms with Gasteiger partial charge < -0.3 is 9.47 Å². The second-order valence-corrected chi connectivity index (χ2v) is 4.79. The van der Waals surface area contributed by atoms with Crippen molar-refractivity contribution in [3.63, 3.8) is 0 Å². The van der Waals surface area contributed by atoms with Gasteiger partial charge in [-0.25, -0.2) is 0 Å². The van der Waals surface area contributed by atoms with Gasteiger partial charge in [-0.15, -0.1) is 0 Å². The fourth-order valence-corrected chi connectivity index (χ4v) is 2.18. The first kappa shape index (κ1) is 15.1. The molecule has 0 saturated carbocycles. The monoisotopic (exact) mass is 288 g/mol. The molecule has 0 saturated heterocycles. The molecule has 1 heterocycles. The number of ether oxygens (including phenoxy) is 2. The minimum atomic E-state index is 0.151. The second kappa shape index (κ2) is 6.92. The molecule has 0 radical (unpaired) electrons. The van der Waals surface area contributed by atoms with Crippen LogP contribution in [-0.4, -0.2) is 29.8 Å². The molecule has 2 rings (SSSR count). The Morgan fingerprint density at radius 1 is 1.14 bits per heavy atom. The van der Waals surface area contributed by atoms with Gasteiger partial charge in [0.1, 0.15) is 5.78 Å². The van der Waals surface area contributed by atoms with E-state index in [4.69, 9.17) is 9.47 Å². The van der Waals surface area contributed by atoms with Crippen molar-refractivity contribution < 1.29 is 14.3 Å². The van der Waals surface area contributed by atoms with E-state index in [2.05, 4.69) is 5.10 Å². The molecule has 0 fully saturated rings. The first-order valence-corrected chi connectivity index (χ1v) is 6.90. The summed E-state index contributed by atoms with van der Waals surface area (Å²) in [5, 5.41) is 4.17. The number of ketones is 1. The number of carbonyl (C=O) groups excluding carboxylic acids is 1. The molecule has 2 aromatic rings. The van der Waals surface area contributed by atoms with Crippen LogP contribution >= 0.6 is 0 Å². The number of rotatable bonds is 7. The van der Waals surface area contributed by atoms with Crippen molar-refractivity contribution in [2.75, 3.05) is 14.2 Å². The Hall–Kier alpha value is -2.30. The highest BCUT2D eigenvalue weighted by Gasteiger charge is 2.10. The Morgan fingerprint density at radius 2 is 1.86 bits per heavy atom. The molecule has 5 heteroatoms. The van der Waals surface area contributed by atoms with Gasteiger partial charge in [0, 0.05) is 25.6 Å². The van der Waals surface area contributed by atoms with Crippen molar-refractivity contribution in [1.29, 1.82) is 0 Å². The molecule has 112 valence electrons. The van der Waals surface area contributed by atoms with E-state index in [1.54, 1.807) is 20.4 Å². The predicted molar refractivity (Wildman–Crippen MR) is 79.9 cm³/mol. The highest BCUT2D eigenvalue weighted by atomic mass is 16.5. The molecule has 0 bridgehead atoms. The Labute approximate surface area is 124 Å². The molecule has 1 aromatic heterocycles. The normalized spacial score (nSPS) is 10.4. The lowest BCUT2D eigenvalue weighted by molar-refractivity contribution is -0.117. The first-order valence-electron chi connectivity index (χ1n) is 6.90. The Balaban J connectivity index is 2.02. The first-order chi connectivity index (χ1) is 10.2. The molecule has 0 aliphatic heterocycles. The summed E-state index contributed by atoms with van der Waals surface area (Å²) >= 11 is 0. The van der Waals surface area contributed by atoms with Crippen molar-refractivity contribution in [1.82, 2.24) is 9.78 Å². The van der Waals surface area contributed by atoms with Gasteiger partial charge in [0.2, 0.25) is 0 Å². The van der Waals surface area contributed by atoms with E-state index in [1.807, 2.05) is 36.0 Å². The zero-order chi connectivity index (χ0) is 15.2. The summed E-state index contributed by atoms with van der Waals surface area (Å²) in [6.45, 7) is 2.83. The topological polar surface area (TPSA) is 53.4 Å². The maximum Gasteiger partial charge on any atom is 0.161 e. The van der Waals surface area contributed by atoms with E-state index in [-0.39, 0.29) is 5.78 Å². The summed E-state index contributed by atoms with van der Waals surface area (Å²) < 4.78 is 12.2. The molecule has 0 spiro atoms. The Bertz CT molecular complexity index is 620. The summed E-state index contributed by atoms with van der Waals surface area (Å²) in [5.41, 5.74) is 1.86. The number of aromatic nitrogens is 2. The van der Waals surface area contributed by atoms with Gasteiger partial charge in [-0.1, -0.05) is 6.07 Å². The molecule has 5 nitrogen and oxygen atoms in total. The van der Waals surface area contributed by atoms with Crippen LogP contribution in [-0.2, 0) is 24.2 Å². The highest BCUT2D eigenvalue weighted by molar-refractivity contribution is 5.83. The van der Waals surface area contributed by atoms with Crippen LogP contribution in [0.1, 0.15) is 18.1 Å². The second-order valence-electron chi connectivity index (χ2n) is 4.79. The molecular weight excluding hydrogens is 268 g/mol. The van der Waals surface area contributed by atoms with Crippen LogP contribution in [0.3, 0.4) is 0 Å². The van der Waals surface area contributed by atoms with Crippen LogP contribution in [0.15, 0.2) is 30.6 Å².